The normalized spacial score (nSPS) is 40.2. The summed E-state index contributed by atoms with van der Waals surface area (Å²) in [5.74, 6) is 1.59. The summed E-state index contributed by atoms with van der Waals surface area (Å²) in [5.41, 5.74) is 0. The van der Waals surface area contributed by atoms with Crippen LogP contribution in [0, 0.1) is 11.8 Å². The van der Waals surface area contributed by atoms with Gasteiger partial charge in [-0.3, -0.25) is 4.79 Å². The Kier molecular flexibility index (Phi) is 1.76. The summed E-state index contributed by atoms with van der Waals surface area (Å²) in [5, 5.41) is 0. The van der Waals surface area contributed by atoms with E-state index in [0.717, 1.165) is 5.92 Å². The average molecular weight is 168 g/mol. The number of hydrogen-bond donors (Lipinski definition) is 1. The number of nitrogens with one attached hydrogen (secondary N) is 1. The Morgan fingerprint density at radius 2 is 2.00 bits per heavy atom. The van der Waals surface area contributed by atoms with Gasteiger partial charge in [0, 0.05) is 11.8 Å². The van der Waals surface area contributed by atoms with Gasteiger partial charge in [0.05, 0.1) is 7.05 Å². The largest absolute Gasteiger partial charge is 0.316 e. The van der Waals surface area contributed by atoms with Gasteiger partial charge in [0.2, 0.25) is 0 Å². The molecule has 0 aromatic rings. The number of rotatable bonds is 3. The lowest BCUT2D eigenvalue weighted by atomic mass is 10.0. The standard InChI is InChI=1S/C10H17NO/c1-6(2)10(12)9-8(11(9)3)7-4-5-7/h6-9H,4-5H2,1-3H3/p+1. The zero-order chi connectivity index (χ0) is 8.88. The van der Waals surface area contributed by atoms with E-state index in [2.05, 4.69) is 7.05 Å². The summed E-state index contributed by atoms with van der Waals surface area (Å²) < 4.78 is 0. The van der Waals surface area contributed by atoms with Gasteiger partial charge in [-0.1, -0.05) is 13.8 Å². The van der Waals surface area contributed by atoms with Gasteiger partial charge >= 0.3 is 0 Å². The Balaban J connectivity index is 1.94. The molecule has 2 nitrogen and oxygen atoms in total. The van der Waals surface area contributed by atoms with Crippen molar-refractivity contribution in [2.45, 2.75) is 38.8 Å². The van der Waals surface area contributed by atoms with Gasteiger partial charge < -0.3 is 4.90 Å². The fraction of sp³-hybridized carbons (Fsp3) is 0.900. The molecule has 3 unspecified atom stereocenters. The van der Waals surface area contributed by atoms with Crippen molar-refractivity contribution < 1.29 is 9.69 Å². The van der Waals surface area contributed by atoms with E-state index in [0.29, 0.717) is 17.9 Å². The zero-order valence-electron chi connectivity index (χ0n) is 8.13. The van der Waals surface area contributed by atoms with Gasteiger partial charge in [-0.15, -0.1) is 0 Å². The van der Waals surface area contributed by atoms with E-state index in [-0.39, 0.29) is 5.92 Å². The minimum atomic E-state index is 0.230. The lowest BCUT2D eigenvalue weighted by molar-refractivity contribution is -0.761. The molecule has 2 fully saturated rings. The van der Waals surface area contributed by atoms with Crippen LogP contribution in [0.1, 0.15) is 26.7 Å². The fourth-order valence-electron chi connectivity index (χ4n) is 2.27. The van der Waals surface area contributed by atoms with Crippen molar-refractivity contribution in [1.29, 1.82) is 0 Å². The minimum Gasteiger partial charge on any atom is -0.316 e. The highest BCUT2D eigenvalue weighted by Crippen LogP contribution is 2.36. The van der Waals surface area contributed by atoms with E-state index in [9.17, 15) is 4.79 Å². The van der Waals surface area contributed by atoms with E-state index in [4.69, 9.17) is 0 Å². The second kappa shape index (κ2) is 2.56. The first-order valence-corrected chi connectivity index (χ1v) is 5.00. The van der Waals surface area contributed by atoms with Crippen molar-refractivity contribution in [3.05, 3.63) is 0 Å². The van der Waals surface area contributed by atoms with Crippen LogP contribution in [-0.2, 0) is 4.79 Å². The van der Waals surface area contributed by atoms with Crippen molar-refractivity contribution >= 4 is 5.78 Å². The van der Waals surface area contributed by atoms with Crippen LogP contribution in [0.25, 0.3) is 0 Å². The molecule has 0 amide bonds. The quantitative estimate of drug-likeness (QED) is 0.583. The second-order valence-electron chi connectivity index (χ2n) is 4.64. The van der Waals surface area contributed by atoms with Crippen LogP contribution in [0.4, 0.5) is 0 Å². The highest BCUT2D eigenvalue weighted by Gasteiger charge is 2.62. The molecule has 1 saturated carbocycles. The Morgan fingerprint density at radius 1 is 1.42 bits per heavy atom. The Labute approximate surface area is 73.9 Å². The van der Waals surface area contributed by atoms with Crippen molar-refractivity contribution in [1.82, 2.24) is 0 Å². The first-order chi connectivity index (χ1) is 5.63. The summed E-state index contributed by atoms with van der Waals surface area (Å²) in [7, 11) is 2.16. The number of hydrogen-bond acceptors (Lipinski definition) is 1. The van der Waals surface area contributed by atoms with E-state index < -0.39 is 0 Å². The minimum absolute atomic E-state index is 0.230. The molecule has 2 rings (SSSR count). The Morgan fingerprint density at radius 3 is 2.42 bits per heavy atom. The Hall–Kier alpha value is -0.370. The van der Waals surface area contributed by atoms with Crippen molar-refractivity contribution in [3.63, 3.8) is 0 Å². The topological polar surface area (TPSA) is 21.5 Å². The SMILES string of the molecule is CC(C)C(=O)C1C(C2CC2)[NH+]1C. The predicted molar refractivity (Wildman–Crippen MR) is 47.0 cm³/mol. The van der Waals surface area contributed by atoms with Gasteiger partial charge in [0.1, 0.15) is 0 Å². The highest BCUT2D eigenvalue weighted by molar-refractivity contribution is 5.86. The molecular weight excluding hydrogens is 150 g/mol. The van der Waals surface area contributed by atoms with Crippen LogP contribution in [0.15, 0.2) is 0 Å². The van der Waals surface area contributed by atoms with Crippen LogP contribution in [0.3, 0.4) is 0 Å². The molecule has 1 aliphatic heterocycles. The molecule has 68 valence electrons. The number of Topliss-reactive ketones (excluding diaryl/α,β-unsaturated/α-hetero) is 1. The molecule has 1 heterocycles. The predicted octanol–water partition coefficient (Wildman–Crippen LogP) is -0.113. The van der Waals surface area contributed by atoms with Gasteiger partial charge in [-0.05, 0) is 12.8 Å². The monoisotopic (exact) mass is 168 g/mol. The summed E-state index contributed by atoms with van der Waals surface area (Å²) >= 11 is 0. The average Bonchev–Trinajstić information content (AvgIpc) is 2.81. The maximum Gasteiger partial charge on any atom is 0.199 e. The molecule has 1 aliphatic carbocycles. The van der Waals surface area contributed by atoms with Gasteiger partial charge in [-0.2, -0.15) is 0 Å². The fourth-order valence-corrected chi connectivity index (χ4v) is 2.27. The molecule has 1 N–H and O–H groups in total. The van der Waals surface area contributed by atoms with Crippen LogP contribution < -0.4 is 4.90 Å². The molecular formula is C10H18NO+. The van der Waals surface area contributed by atoms with Crippen LogP contribution in [-0.4, -0.2) is 24.9 Å². The number of likely N-dealkylation sites (N-methyl/N-ethyl adjacent to an activating group) is 1. The number of carbonyl (C=O) groups is 1. The third-order valence-electron chi connectivity index (χ3n) is 3.27. The molecule has 3 atom stereocenters. The number of ketones is 1. The summed E-state index contributed by atoms with van der Waals surface area (Å²) in [6.07, 6.45) is 2.73. The molecule has 2 heteroatoms. The number of quaternary nitrogens is 1. The molecule has 0 aromatic carbocycles. The summed E-state index contributed by atoms with van der Waals surface area (Å²) in [6, 6.07) is 1.05. The van der Waals surface area contributed by atoms with Crippen molar-refractivity contribution in [2.75, 3.05) is 7.05 Å². The molecule has 0 radical (unpaired) electrons. The van der Waals surface area contributed by atoms with Gasteiger partial charge in [-0.25, -0.2) is 0 Å². The third kappa shape index (κ3) is 1.18. The van der Waals surface area contributed by atoms with E-state index in [1.165, 1.54) is 17.7 Å². The molecule has 1 saturated heterocycles. The first-order valence-electron chi connectivity index (χ1n) is 5.00. The lowest BCUT2D eigenvalue weighted by Gasteiger charge is -1.96. The maximum atomic E-state index is 11.6. The third-order valence-corrected chi connectivity index (χ3v) is 3.27. The molecule has 12 heavy (non-hydrogen) atoms. The zero-order valence-corrected chi connectivity index (χ0v) is 8.13. The molecule has 0 aromatic heterocycles. The molecule has 0 spiro atoms. The van der Waals surface area contributed by atoms with Gasteiger partial charge in [0.25, 0.3) is 0 Å². The van der Waals surface area contributed by atoms with Crippen LogP contribution in [0.5, 0.6) is 0 Å². The van der Waals surface area contributed by atoms with Crippen molar-refractivity contribution in [2.24, 2.45) is 11.8 Å². The lowest BCUT2D eigenvalue weighted by Crippen LogP contribution is -2.93. The molecule has 2 aliphatic rings. The maximum absolute atomic E-state index is 11.6. The summed E-state index contributed by atoms with van der Waals surface area (Å²) in [6.45, 7) is 4.02. The van der Waals surface area contributed by atoms with Crippen molar-refractivity contribution in [3.8, 4) is 0 Å². The Bertz CT molecular complexity index is 208. The second-order valence-corrected chi connectivity index (χ2v) is 4.64. The van der Waals surface area contributed by atoms with Crippen LogP contribution >= 0.6 is 0 Å². The number of carbonyl (C=O) groups excluding carboxylic acids is 1. The van der Waals surface area contributed by atoms with E-state index >= 15 is 0 Å². The van der Waals surface area contributed by atoms with E-state index in [1.807, 2.05) is 13.8 Å². The highest BCUT2D eigenvalue weighted by atomic mass is 16.1. The first kappa shape index (κ1) is 8.24. The smallest absolute Gasteiger partial charge is 0.199 e. The molecule has 0 bridgehead atoms. The van der Waals surface area contributed by atoms with Gasteiger partial charge in [0.15, 0.2) is 17.9 Å². The van der Waals surface area contributed by atoms with Crippen LogP contribution in [0.2, 0.25) is 0 Å². The van der Waals surface area contributed by atoms with E-state index in [1.54, 1.807) is 0 Å². The summed E-state index contributed by atoms with van der Waals surface area (Å²) in [4.78, 5) is 13.1.